The highest BCUT2D eigenvalue weighted by Gasteiger charge is 2.26. The maximum Gasteiger partial charge on any atom is 0.341 e. The predicted octanol–water partition coefficient (Wildman–Crippen LogP) is 3.69. The van der Waals surface area contributed by atoms with Gasteiger partial charge in [-0.05, 0) is 69.8 Å². The zero-order valence-electron chi connectivity index (χ0n) is 15.8. The van der Waals surface area contributed by atoms with Crippen LogP contribution in [0.1, 0.15) is 52.7 Å². The Morgan fingerprint density at radius 3 is 2.96 bits per heavy atom. The Kier molecular flexibility index (Phi) is 6.84. The van der Waals surface area contributed by atoms with Crippen molar-refractivity contribution in [2.75, 3.05) is 18.5 Å². The van der Waals surface area contributed by atoms with Crippen molar-refractivity contribution < 1.29 is 9.53 Å². The fraction of sp³-hybridized carbons (Fsp3) is 0.526. The first-order chi connectivity index (χ1) is 13.1. The fourth-order valence-electron chi connectivity index (χ4n) is 3.25. The SMILES string of the molecule is CCOC(=O)c1c(NC(=S)NCCCn2ccc(C)n2)sc2c1CCCC2. The van der Waals surface area contributed by atoms with Crippen molar-refractivity contribution in [2.45, 2.75) is 52.5 Å². The molecule has 0 bridgehead atoms. The Balaban J connectivity index is 1.58. The minimum atomic E-state index is -0.253. The van der Waals surface area contributed by atoms with E-state index < -0.39 is 0 Å². The summed E-state index contributed by atoms with van der Waals surface area (Å²) in [5.41, 5.74) is 2.84. The number of rotatable bonds is 7. The zero-order chi connectivity index (χ0) is 19.2. The Hall–Kier alpha value is -1.93. The lowest BCUT2D eigenvalue weighted by atomic mass is 9.95. The van der Waals surface area contributed by atoms with Gasteiger partial charge in [0.25, 0.3) is 0 Å². The van der Waals surface area contributed by atoms with Gasteiger partial charge in [0, 0.05) is 24.2 Å². The molecule has 2 N–H and O–H groups in total. The summed E-state index contributed by atoms with van der Waals surface area (Å²) in [5, 5.41) is 12.2. The molecule has 0 radical (unpaired) electrons. The summed E-state index contributed by atoms with van der Waals surface area (Å²) in [5.74, 6) is -0.253. The van der Waals surface area contributed by atoms with Crippen LogP contribution in [0, 0.1) is 6.92 Å². The van der Waals surface area contributed by atoms with Crippen LogP contribution in [0.15, 0.2) is 12.3 Å². The topological polar surface area (TPSA) is 68.2 Å². The van der Waals surface area contributed by atoms with Crippen molar-refractivity contribution in [3.63, 3.8) is 0 Å². The Labute approximate surface area is 169 Å². The van der Waals surface area contributed by atoms with Crippen molar-refractivity contribution in [3.05, 3.63) is 34.0 Å². The molecule has 1 aliphatic carbocycles. The minimum absolute atomic E-state index is 0.253. The van der Waals surface area contributed by atoms with Crippen LogP contribution in [-0.4, -0.2) is 34.0 Å². The second-order valence-corrected chi connectivity index (χ2v) is 8.10. The number of thiocarbonyl (C=S) groups is 1. The van der Waals surface area contributed by atoms with E-state index in [4.69, 9.17) is 17.0 Å². The van der Waals surface area contributed by atoms with E-state index >= 15 is 0 Å². The van der Waals surface area contributed by atoms with Crippen LogP contribution in [-0.2, 0) is 24.1 Å². The van der Waals surface area contributed by atoms with Crippen molar-refractivity contribution in [3.8, 4) is 0 Å². The zero-order valence-corrected chi connectivity index (χ0v) is 17.5. The van der Waals surface area contributed by atoms with Crippen molar-refractivity contribution >= 4 is 39.6 Å². The molecule has 0 aromatic carbocycles. The molecule has 2 aromatic heterocycles. The number of ether oxygens (including phenoxy) is 1. The van der Waals surface area contributed by atoms with E-state index in [0.717, 1.165) is 55.0 Å². The standard InChI is InChI=1S/C19H26N4O2S2/c1-3-25-18(24)16-14-7-4-5-8-15(14)27-17(16)21-19(26)20-10-6-11-23-12-9-13(2)22-23/h9,12H,3-8,10-11H2,1-2H3,(H2,20,21,26). The number of hydrogen-bond acceptors (Lipinski definition) is 5. The number of aryl methyl sites for hydroxylation is 3. The molecule has 6 nitrogen and oxygen atoms in total. The van der Waals surface area contributed by atoms with E-state index in [9.17, 15) is 4.79 Å². The first kappa shape index (κ1) is 19.8. The van der Waals surface area contributed by atoms with Crippen LogP contribution in [0.5, 0.6) is 0 Å². The van der Waals surface area contributed by atoms with Gasteiger partial charge in [-0.15, -0.1) is 11.3 Å². The molecular formula is C19H26N4O2S2. The molecule has 0 amide bonds. The summed E-state index contributed by atoms with van der Waals surface area (Å²) in [6.45, 7) is 5.76. The lowest BCUT2D eigenvalue weighted by molar-refractivity contribution is 0.0526. The molecule has 2 heterocycles. The maximum absolute atomic E-state index is 12.5. The van der Waals surface area contributed by atoms with Crippen LogP contribution in [0.2, 0.25) is 0 Å². The van der Waals surface area contributed by atoms with Gasteiger partial charge >= 0.3 is 5.97 Å². The van der Waals surface area contributed by atoms with Crippen LogP contribution in [0.4, 0.5) is 5.00 Å². The van der Waals surface area contributed by atoms with Crippen LogP contribution >= 0.6 is 23.6 Å². The van der Waals surface area contributed by atoms with Gasteiger partial charge in [-0.3, -0.25) is 4.68 Å². The molecule has 1 aliphatic rings. The van der Waals surface area contributed by atoms with Crippen LogP contribution in [0.25, 0.3) is 0 Å². The Bertz CT molecular complexity index is 813. The minimum Gasteiger partial charge on any atom is -0.462 e. The molecule has 27 heavy (non-hydrogen) atoms. The highest BCUT2D eigenvalue weighted by atomic mass is 32.1. The largest absolute Gasteiger partial charge is 0.462 e. The number of esters is 1. The summed E-state index contributed by atoms with van der Waals surface area (Å²) < 4.78 is 7.21. The number of aromatic nitrogens is 2. The van der Waals surface area contributed by atoms with Gasteiger partial charge in [-0.2, -0.15) is 5.10 Å². The second kappa shape index (κ2) is 9.32. The number of carbonyl (C=O) groups is 1. The van der Waals surface area contributed by atoms with Gasteiger partial charge in [-0.25, -0.2) is 4.79 Å². The van der Waals surface area contributed by atoms with E-state index in [1.54, 1.807) is 11.3 Å². The van der Waals surface area contributed by atoms with E-state index in [-0.39, 0.29) is 5.97 Å². The Morgan fingerprint density at radius 2 is 2.22 bits per heavy atom. The van der Waals surface area contributed by atoms with Gasteiger partial charge < -0.3 is 15.4 Å². The molecule has 146 valence electrons. The quantitative estimate of drug-likeness (QED) is 0.415. The summed E-state index contributed by atoms with van der Waals surface area (Å²) in [6, 6.07) is 2.00. The number of carbonyl (C=O) groups excluding carboxylic acids is 1. The van der Waals surface area contributed by atoms with Gasteiger partial charge in [0.1, 0.15) is 5.00 Å². The molecular weight excluding hydrogens is 380 g/mol. The highest BCUT2D eigenvalue weighted by molar-refractivity contribution is 7.80. The molecule has 0 saturated heterocycles. The average Bonchev–Trinajstić information content (AvgIpc) is 3.21. The lowest BCUT2D eigenvalue weighted by Gasteiger charge is -2.13. The third-order valence-electron chi connectivity index (χ3n) is 4.50. The second-order valence-electron chi connectivity index (χ2n) is 6.59. The molecule has 0 spiro atoms. The molecule has 0 aliphatic heterocycles. The molecule has 3 rings (SSSR count). The van der Waals surface area contributed by atoms with E-state index in [1.807, 2.05) is 30.8 Å². The van der Waals surface area contributed by atoms with E-state index in [1.165, 1.54) is 11.3 Å². The average molecular weight is 407 g/mol. The normalized spacial score (nSPS) is 13.1. The first-order valence-corrected chi connectivity index (χ1v) is 10.7. The fourth-order valence-corrected chi connectivity index (χ4v) is 4.80. The number of nitrogens with one attached hydrogen (secondary N) is 2. The number of hydrogen-bond donors (Lipinski definition) is 2. The molecule has 0 fully saturated rings. The third-order valence-corrected chi connectivity index (χ3v) is 5.96. The van der Waals surface area contributed by atoms with E-state index in [2.05, 4.69) is 15.7 Å². The van der Waals surface area contributed by atoms with Gasteiger partial charge in [-0.1, -0.05) is 0 Å². The predicted molar refractivity (Wildman–Crippen MR) is 113 cm³/mol. The number of anilines is 1. The number of nitrogens with zero attached hydrogens (tertiary/aromatic N) is 2. The monoisotopic (exact) mass is 406 g/mol. The first-order valence-electron chi connectivity index (χ1n) is 9.45. The van der Waals surface area contributed by atoms with E-state index in [0.29, 0.717) is 17.3 Å². The van der Waals surface area contributed by atoms with Gasteiger partial charge in [0.2, 0.25) is 0 Å². The smallest absolute Gasteiger partial charge is 0.341 e. The maximum atomic E-state index is 12.5. The molecule has 0 unspecified atom stereocenters. The van der Waals surface area contributed by atoms with Crippen molar-refractivity contribution in [1.82, 2.24) is 15.1 Å². The molecule has 2 aromatic rings. The third kappa shape index (κ3) is 5.07. The lowest BCUT2D eigenvalue weighted by Crippen LogP contribution is -2.30. The summed E-state index contributed by atoms with van der Waals surface area (Å²) in [6.07, 6.45) is 7.14. The number of thiophene rings is 1. The van der Waals surface area contributed by atoms with Crippen molar-refractivity contribution in [1.29, 1.82) is 0 Å². The molecule has 0 saturated carbocycles. The molecule has 8 heteroatoms. The number of fused-ring (bicyclic) bond motifs is 1. The van der Waals surface area contributed by atoms with Crippen LogP contribution in [0.3, 0.4) is 0 Å². The summed E-state index contributed by atoms with van der Waals surface area (Å²) >= 11 is 7.06. The van der Waals surface area contributed by atoms with Gasteiger partial charge in [0.05, 0.1) is 17.9 Å². The molecule has 0 atom stereocenters. The highest BCUT2D eigenvalue weighted by Crippen LogP contribution is 2.38. The Morgan fingerprint density at radius 1 is 1.41 bits per heavy atom. The summed E-state index contributed by atoms with van der Waals surface area (Å²) in [4.78, 5) is 13.8. The van der Waals surface area contributed by atoms with Crippen molar-refractivity contribution in [2.24, 2.45) is 0 Å². The van der Waals surface area contributed by atoms with Gasteiger partial charge in [0.15, 0.2) is 5.11 Å². The summed E-state index contributed by atoms with van der Waals surface area (Å²) in [7, 11) is 0. The van der Waals surface area contributed by atoms with Crippen LogP contribution < -0.4 is 10.6 Å².